The van der Waals surface area contributed by atoms with Crippen molar-refractivity contribution in [3.05, 3.63) is 40.3 Å². The van der Waals surface area contributed by atoms with Gasteiger partial charge in [-0.15, -0.1) is 0 Å². The highest BCUT2D eigenvalue weighted by Gasteiger charge is 2.41. The molecule has 0 aliphatic carbocycles. The van der Waals surface area contributed by atoms with Crippen molar-refractivity contribution in [2.75, 3.05) is 0 Å². The maximum Gasteiger partial charge on any atom is 0.434 e. The lowest BCUT2D eigenvalue weighted by Crippen LogP contribution is -2.18. The summed E-state index contributed by atoms with van der Waals surface area (Å²) in [6.07, 6.45) is -3.02. The Morgan fingerprint density at radius 2 is 2.10 bits per heavy atom. The first-order chi connectivity index (χ1) is 9.23. The summed E-state index contributed by atoms with van der Waals surface area (Å²) in [5.74, 6) is -2.00. The van der Waals surface area contributed by atoms with E-state index in [9.17, 15) is 18.0 Å². The van der Waals surface area contributed by atoms with E-state index in [1.165, 1.54) is 12.3 Å². The van der Waals surface area contributed by atoms with Crippen LogP contribution in [0.3, 0.4) is 0 Å². The van der Waals surface area contributed by atoms with Gasteiger partial charge < -0.3 is 5.11 Å². The Balaban J connectivity index is 2.76. The summed E-state index contributed by atoms with van der Waals surface area (Å²) in [7, 11) is 0. The Labute approximate surface area is 115 Å². The zero-order valence-corrected chi connectivity index (χ0v) is 10.7. The van der Waals surface area contributed by atoms with Gasteiger partial charge in [0.2, 0.25) is 0 Å². The molecule has 0 spiro atoms. The van der Waals surface area contributed by atoms with Crippen molar-refractivity contribution in [1.29, 1.82) is 0 Å². The average molecular weight is 306 g/mol. The fourth-order valence-corrected chi connectivity index (χ4v) is 1.80. The van der Waals surface area contributed by atoms with Crippen LogP contribution in [0.2, 0.25) is 5.02 Å². The van der Waals surface area contributed by atoms with Crippen LogP contribution in [0.25, 0.3) is 5.82 Å². The second-order valence-electron chi connectivity index (χ2n) is 3.89. The summed E-state index contributed by atoms with van der Waals surface area (Å²) in [5, 5.41) is 12.2. The van der Waals surface area contributed by atoms with Crippen molar-refractivity contribution < 1.29 is 23.1 Å². The molecule has 0 radical (unpaired) electrons. The van der Waals surface area contributed by atoms with E-state index in [1.807, 2.05) is 0 Å². The minimum atomic E-state index is -4.90. The van der Waals surface area contributed by atoms with Gasteiger partial charge in [-0.3, -0.25) is 0 Å². The van der Waals surface area contributed by atoms with Crippen LogP contribution in [-0.4, -0.2) is 25.8 Å². The molecule has 2 heterocycles. The molecule has 0 fully saturated rings. The van der Waals surface area contributed by atoms with E-state index in [0.717, 1.165) is 0 Å². The van der Waals surface area contributed by atoms with Gasteiger partial charge in [-0.2, -0.15) is 18.3 Å². The predicted octanol–water partition coefficient (Wildman–Crippen LogP) is 2.95. The smallest absolute Gasteiger partial charge is 0.434 e. The second-order valence-corrected chi connectivity index (χ2v) is 4.26. The van der Waals surface area contributed by atoms with Gasteiger partial charge in [-0.25, -0.2) is 14.5 Å². The Hall–Kier alpha value is -2.09. The molecule has 2 aromatic heterocycles. The van der Waals surface area contributed by atoms with Crippen molar-refractivity contribution in [1.82, 2.24) is 14.8 Å². The lowest BCUT2D eigenvalue weighted by molar-refractivity contribution is -0.143. The maximum atomic E-state index is 13.0. The lowest BCUT2D eigenvalue weighted by atomic mass is 10.2. The first-order valence-electron chi connectivity index (χ1n) is 5.23. The lowest BCUT2D eigenvalue weighted by Gasteiger charge is -2.12. The first kappa shape index (κ1) is 14.3. The molecule has 0 unspecified atom stereocenters. The molecule has 9 heteroatoms. The zero-order valence-electron chi connectivity index (χ0n) is 9.94. The van der Waals surface area contributed by atoms with Crippen LogP contribution in [0, 0.1) is 6.92 Å². The Morgan fingerprint density at radius 3 is 2.65 bits per heavy atom. The van der Waals surface area contributed by atoms with Crippen LogP contribution in [0.1, 0.15) is 21.6 Å². The van der Waals surface area contributed by atoms with Crippen LogP contribution >= 0.6 is 11.6 Å². The normalized spacial score (nSPS) is 11.7. The van der Waals surface area contributed by atoms with Gasteiger partial charge in [0.15, 0.2) is 11.5 Å². The predicted molar refractivity (Wildman–Crippen MR) is 63.1 cm³/mol. The van der Waals surface area contributed by atoms with Crippen LogP contribution in [0.15, 0.2) is 18.5 Å². The third kappa shape index (κ3) is 2.34. The molecule has 0 atom stereocenters. The number of aromatic carboxylic acids is 1. The van der Waals surface area contributed by atoms with Gasteiger partial charge in [0.1, 0.15) is 5.56 Å². The van der Waals surface area contributed by atoms with E-state index < -0.39 is 23.4 Å². The molecular weight excluding hydrogens is 299 g/mol. The number of pyridine rings is 1. The molecule has 0 bridgehead atoms. The quantitative estimate of drug-likeness (QED) is 0.926. The van der Waals surface area contributed by atoms with Crippen LogP contribution < -0.4 is 0 Å². The van der Waals surface area contributed by atoms with Crippen LogP contribution in [0.4, 0.5) is 13.2 Å². The van der Waals surface area contributed by atoms with Crippen molar-refractivity contribution >= 4 is 17.6 Å². The minimum Gasteiger partial charge on any atom is -0.478 e. The molecule has 0 amide bonds. The highest BCUT2D eigenvalue weighted by molar-refractivity contribution is 6.32. The largest absolute Gasteiger partial charge is 0.478 e. The van der Waals surface area contributed by atoms with Gasteiger partial charge in [-0.1, -0.05) is 11.6 Å². The van der Waals surface area contributed by atoms with E-state index in [4.69, 9.17) is 16.7 Å². The molecular formula is C11H7ClF3N3O2. The number of rotatable bonds is 2. The van der Waals surface area contributed by atoms with Gasteiger partial charge in [0.25, 0.3) is 0 Å². The number of hydrogen-bond donors (Lipinski definition) is 1. The average Bonchev–Trinajstić information content (AvgIpc) is 2.77. The third-order valence-corrected chi connectivity index (χ3v) is 3.00. The number of carbonyl (C=O) groups is 1. The summed E-state index contributed by atoms with van der Waals surface area (Å²) < 4.78 is 39.5. The fraction of sp³-hybridized carbons (Fsp3) is 0.182. The summed E-state index contributed by atoms with van der Waals surface area (Å²) in [4.78, 5) is 14.6. The number of carboxylic acid groups (broad SMARTS) is 1. The number of alkyl halides is 3. The molecule has 0 aromatic carbocycles. The highest BCUT2D eigenvalue weighted by atomic mass is 35.5. The van der Waals surface area contributed by atoms with Crippen LogP contribution in [0.5, 0.6) is 0 Å². The van der Waals surface area contributed by atoms with Crippen molar-refractivity contribution in [3.8, 4) is 5.82 Å². The molecule has 0 saturated heterocycles. The van der Waals surface area contributed by atoms with E-state index in [0.29, 0.717) is 16.4 Å². The number of hydrogen-bond acceptors (Lipinski definition) is 3. The summed E-state index contributed by atoms with van der Waals surface area (Å²) in [5.41, 5.74) is -1.89. The molecule has 2 rings (SSSR count). The molecule has 0 aliphatic heterocycles. The molecule has 0 saturated carbocycles. The number of nitrogens with zero attached hydrogens (tertiary/aromatic N) is 3. The highest BCUT2D eigenvalue weighted by Crippen LogP contribution is 2.34. The Morgan fingerprint density at radius 1 is 1.45 bits per heavy atom. The number of aryl methyl sites for hydroxylation is 1. The number of aromatic nitrogens is 3. The Kier molecular flexibility index (Phi) is 3.43. The molecule has 2 aromatic rings. The van der Waals surface area contributed by atoms with Gasteiger partial charge >= 0.3 is 12.1 Å². The van der Waals surface area contributed by atoms with Gasteiger partial charge in [-0.05, 0) is 18.6 Å². The standard InChI is InChI=1S/C11H7ClF3N3O2/c1-5-2-3-16-9(7(5)12)18-8(11(13,14)15)6(4-17-18)10(19)20/h2-4H,1H3,(H,19,20). The minimum absolute atomic E-state index is 0.0296. The topological polar surface area (TPSA) is 68.0 Å². The van der Waals surface area contributed by atoms with Crippen molar-refractivity contribution in [2.24, 2.45) is 0 Å². The fourth-order valence-electron chi connectivity index (χ4n) is 1.61. The molecule has 0 aliphatic rings. The first-order valence-corrected chi connectivity index (χ1v) is 5.61. The summed E-state index contributed by atoms with van der Waals surface area (Å²) in [6, 6.07) is 1.51. The van der Waals surface area contributed by atoms with E-state index in [-0.39, 0.29) is 10.8 Å². The third-order valence-electron chi connectivity index (χ3n) is 2.53. The number of carboxylic acids is 1. The van der Waals surface area contributed by atoms with Crippen molar-refractivity contribution in [3.63, 3.8) is 0 Å². The summed E-state index contributed by atoms with van der Waals surface area (Å²) >= 11 is 5.90. The molecule has 106 valence electrons. The van der Waals surface area contributed by atoms with Crippen molar-refractivity contribution in [2.45, 2.75) is 13.1 Å². The Bertz CT molecular complexity index is 682. The number of halogens is 4. The van der Waals surface area contributed by atoms with Gasteiger partial charge in [0.05, 0.1) is 11.2 Å². The van der Waals surface area contributed by atoms with E-state index in [2.05, 4.69) is 10.1 Å². The van der Waals surface area contributed by atoms with E-state index in [1.54, 1.807) is 6.92 Å². The van der Waals surface area contributed by atoms with E-state index >= 15 is 0 Å². The zero-order chi connectivity index (χ0) is 15.1. The van der Waals surface area contributed by atoms with Gasteiger partial charge in [0, 0.05) is 6.20 Å². The molecule has 1 N–H and O–H groups in total. The second kappa shape index (κ2) is 4.78. The SMILES string of the molecule is Cc1ccnc(-n2ncc(C(=O)O)c2C(F)(F)F)c1Cl. The van der Waals surface area contributed by atoms with Crippen LogP contribution in [-0.2, 0) is 6.18 Å². The summed E-state index contributed by atoms with van der Waals surface area (Å²) in [6.45, 7) is 1.59. The monoisotopic (exact) mass is 305 g/mol. The molecule has 20 heavy (non-hydrogen) atoms. The maximum absolute atomic E-state index is 13.0. The molecule has 5 nitrogen and oxygen atoms in total.